The van der Waals surface area contributed by atoms with Gasteiger partial charge in [0.25, 0.3) is 5.88 Å². The minimum Gasteiger partial charge on any atom is -0.478 e. The Bertz CT molecular complexity index is 1180. The summed E-state index contributed by atoms with van der Waals surface area (Å²) < 4.78 is 16.2. The SMILES string of the molecule is COc1nc2cc(C)ccc2nc1NC(=O)NC1CCN(Cc2ccc3c(c2)OCO3)CC1. The van der Waals surface area contributed by atoms with Crippen LogP contribution in [0.15, 0.2) is 36.4 Å². The highest BCUT2D eigenvalue weighted by Crippen LogP contribution is 2.33. The van der Waals surface area contributed by atoms with Gasteiger partial charge in [-0.05, 0) is 55.2 Å². The number of carbonyl (C=O) groups excluding carboxylic acids is 1. The molecule has 1 aromatic heterocycles. The number of hydrogen-bond acceptors (Lipinski definition) is 7. The summed E-state index contributed by atoms with van der Waals surface area (Å²) in [7, 11) is 1.52. The van der Waals surface area contributed by atoms with E-state index in [0.29, 0.717) is 17.2 Å². The van der Waals surface area contributed by atoms with Gasteiger partial charge >= 0.3 is 6.03 Å². The van der Waals surface area contributed by atoms with E-state index in [1.165, 1.54) is 12.7 Å². The van der Waals surface area contributed by atoms with Gasteiger partial charge in [0, 0.05) is 25.7 Å². The molecule has 2 aliphatic heterocycles. The van der Waals surface area contributed by atoms with Crippen molar-refractivity contribution in [1.82, 2.24) is 20.2 Å². The number of rotatable bonds is 5. The molecule has 0 atom stereocenters. The summed E-state index contributed by atoms with van der Waals surface area (Å²) in [6.07, 6.45) is 1.75. The van der Waals surface area contributed by atoms with Crippen molar-refractivity contribution < 1.29 is 19.0 Å². The zero-order chi connectivity index (χ0) is 22.8. The van der Waals surface area contributed by atoms with E-state index >= 15 is 0 Å². The molecule has 0 saturated carbocycles. The molecule has 33 heavy (non-hydrogen) atoms. The average molecular weight is 450 g/mol. The summed E-state index contributed by atoms with van der Waals surface area (Å²) in [6.45, 7) is 4.93. The van der Waals surface area contributed by atoms with E-state index in [1.54, 1.807) is 0 Å². The van der Waals surface area contributed by atoms with Crippen LogP contribution < -0.4 is 24.8 Å². The highest BCUT2D eigenvalue weighted by molar-refractivity contribution is 5.91. The first-order valence-electron chi connectivity index (χ1n) is 11.1. The molecule has 5 rings (SSSR count). The van der Waals surface area contributed by atoms with Crippen molar-refractivity contribution in [3.63, 3.8) is 0 Å². The van der Waals surface area contributed by atoms with Crippen LogP contribution >= 0.6 is 0 Å². The van der Waals surface area contributed by atoms with Gasteiger partial charge in [-0.1, -0.05) is 12.1 Å². The monoisotopic (exact) mass is 449 g/mol. The molecular weight excluding hydrogens is 422 g/mol. The number of carbonyl (C=O) groups is 1. The quantitative estimate of drug-likeness (QED) is 0.616. The lowest BCUT2D eigenvalue weighted by Gasteiger charge is -2.32. The number of ether oxygens (including phenoxy) is 3. The Morgan fingerprint density at radius 2 is 1.91 bits per heavy atom. The van der Waals surface area contributed by atoms with Crippen molar-refractivity contribution in [2.24, 2.45) is 0 Å². The van der Waals surface area contributed by atoms with Crippen molar-refractivity contribution in [2.45, 2.75) is 32.4 Å². The predicted molar refractivity (Wildman–Crippen MR) is 124 cm³/mol. The first-order valence-corrected chi connectivity index (χ1v) is 11.1. The molecule has 2 aliphatic rings. The molecule has 9 nitrogen and oxygen atoms in total. The fourth-order valence-corrected chi connectivity index (χ4v) is 4.23. The number of hydrogen-bond donors (Lipinski definition) is 2. The van der Waals surface area contributed by atoms with Gasteiger partial charge in [-0.2, -0.15) is 0 Å². The van der Waals surface area contributed by atoms with E-state index in [9.17, 15) is 4.79 Å². The molecule has 2 aromatic carbocycles. The minimum absolute atomic E-state index is 0.0973. The Balaban J connectivity index is 1.15. The standard InChI is InChI=1S/C24H27N5O4/c1-15-3-5-18-19(11-15)27-23(31-2)22(26-18)28-24(30)25-17-7-9-29(10-8-17)13-16-4-6-20-21(12-16)33-14-32-20/h3-6,11-12,17H,7-10,13-14H2,1-2H3,(H2,25,26,28,30). The van der Waals surface area contributed by atoms with Crippen molar-refractivity contribution in [3.8, 4) is 17.4 Å². The lowest BCUT2D eigenvalue weighted by molar-refractivity contribution is 0.173. The van der Waals surface area contributed by atoms with Gasteiger partial charge in [-0.15, -0.1) is 0 Å². The van der Waals surface area contributed by atoms with Gasteiger partial charge < -0.3 is 19.5 Å². The maximum atomic E-state index is 12.6. The molecule has 0 unspecified atom stereocenters. The van der Waals surface area contributed by atoms with Crippen LogP contribution in [0, 0.1) is 6.92 Å². The number of aryl methyl sites for hydroxylation is 1. The number of nitrogens with one attached hydrogen (secondary N) is 2. The van der Waals surface area contributed by atoms with E-state index < -0.39 is 0 Å². The lowest BCUT2D eigenvalue weighted by Crippen LogP contribution is -2.45. The minimum atomic E-state index is -0.303. The van der Waals surface area contributed by atoms with Gasteiger partial charge in [-0.3, -0.25) is 10.2 Å². The number of urea groups is 1. The number of anilines is 1. The third kappa shape index (κ3) is 4.78. The molecule has 3 heterocycles. The van der Waals surface area contributed by atoms with Crippen LogP contribution in [0.25, 0.3) is 11.0 Å². The normalized spacial score (nSPS) is 16.1. The van der Waals surface area contributed by atoms with Crippen LogP contribution in [-0.4, -0.2) is 53.9 Å². The Morgan fingerprint density at radius 3 is 2.73 bits per heavy atom. The number of likely N-dealkylation sites (tertiary alicyclic amines) is 1. The number of aromatic nitrogens is 2. The highest BCUT2D eigenvalue weighted by atomic mass is 16.7. The molecule has 0 bridgehead atoms. The molecule has 0 aliphatic carbocycles. The van der Waals surface area contributed by atoms with Crippen LogP contribution in [0.4, 0.5) is 10.6 Å². The second-order valence-electron chi connectivity index (χ2n) is 8.41. The fraction of sp³-hybridized carbons (Fsp3) is 0.375. The summed E-state index contributed by atoms with van der Waals surface area (Å²) in [5.41, 5.74) is 3.71. The number of nitrogens with zero attached hydrogens (tertiary/aromatic N) is 3. The number of amides is 2. The molecule has 2 amide bonds. The lowest BCUT2D eigenvalue weighted by atomic mass is 10.0. The van der Waals surface area contributed by atoms with Crippen molar-refractivity contribution in [2.75, 3.05) is 32.3 Å². The molecule has 9 heteroatoms. The summed E-state index contributed by atoms with van der Waals surface area (Å²) in [6, 6.07) is 11.7. The van der Waals surface area contributed by atoms with E-state index in [-0.39, 0.29) is 18.9 Å². The average Bonchev–Trinajstić information content (AvgIpc) is 3.28. The third-order valence-corrected chi connectivity index (χ3v) is 5.98. The van der Waals surface area contributed by atoms with Crippen LogP contribution in [0.5, 0.6) is 17.4 Å². The van der Waals surface area contributed by atoms with Crippen molar-refractivity contribution in [3.05, 3.63) is 47.5 Å². The maximum Gasteiger partial charge on any atom is 0.320 e. The Morgan fingerprint density at radius 1 is 1.09 bits per heavy atom. The topological polar surface area (TPSA) is 97.8 Å². The number of methoxy groups -OCH3 is 1. The van der Waals surface area contributed by atoms with Gasteiger partial charge in [0.1, 0.15) is 0 Å². The van der Waals surface area contributed by atoms with Gasteiger partial charge in [0.2, 0.25) is 6.79 Å². The third-order valence-electron chi connectivity index (χ3n) is 5.98. The molecular formula is C24H27N5O4. The van der Waals surface area contributed by atoms with E-state index in [1.807, 2.05) is 37.3 Å². The van der Waals surface area contributed by atoms with Crippen LogP contribution in [0.3, 0.4) is 0 Å². The zero-order valence-electron chi connectivity index (χ0n) is 18.8. The number of fused-ring (bicyclic) bond motifs is 2. The molecule has 2 N–H and O–H groups in total. The Hall–Kier alpha value is -3.59. The number of benzene rings is 2. The second-order valence-corrected chi connectivity index (χ2v) is 8.41. The smallest absolute Gasteiger partial charge is 0.320 e. The second kappa shape index (κ2) is 9.11. The molecule has 0 radical (unpaired) electrons. The fourth-order valence-electron chi connectivity index (χ4n) is 4.23. The summed E-state index contributed by atoms with van der Waals surface area (Å²) in [5.74, 6) is 2.21. The maximum absolute atomic E-state index is 12.6. The first kappa shape index (κ1) is 21.3. The summed E-state index contributed by atoms with van der Waals surface area (Å²) in [4.78, 5) is 24.0. The van der Waals surface area contributed by atoms with E-state index in [4.69, 9.17) is 14.2 Å². The van der Waals surface area contributed by atoms with Crippen molar-refractivity contribution >= 4 is 22.9 Å². The largest absolute Gasteiger partial charge is 0.478 e. The molecule has 172 valence electrons. The molecule has 1 fully saturated rings. The summed E-state index contributed by atoms with van der Waals surface area (Å²) >= 11 is 0. The van der Waals surface area contributed by atoms with Crippen LogP contribution in [-0.2, 0) is 6.54 Å². The first-order chi connectivity index (χ1) is 16.1. The highest BCUT2D eigenvalue weighted by Gasteiger charge is 2.22. The summed E-state index contributed by atoms with van der Waals surface area (Å²) in [5, 5.41) is 5.86. The number of piperidine rings is 1. The van der Waals surface area contributed by atoms with E-state index in [0.717, 1.165) is 55.1 Å². The van der Waals surface area contributed by atoms with Gasteiger partial charge in [0.15, 0.2) is 17.3 Å². The van der Waals surface area contributed by atoms with Crippen molar-refractivity contribution in [1.29, 1.82) is 0 Å². The molecule has 3 aromatic rings. The van der Waals surface area contributed by atoms with Crippen LogP contribution in [0.1, 0.15) is 24.0 Å². The Kier molecular flexibility index (Phi) is 5.87. The van der Waals surface area contributed by atoms with Gasteiger partial charge in [-0.25, -0.2) is 14.8 Å². The Labute approximate surface area is 192 Å². The molecule has 0 spiro atoms. The molecule has 1 saturated heterocycles. The van der Waals surface area contributed by atoms with Gasteiger partial charge in [0.05, 0.1) is 18.1 Å². The van der Waals surface area contributed by atoms with Crippen LogP contribution in [0.2, 0.25) is 0 Å². The predicted octanol–water partition coefficient (Wildman–Crippen LogP) is 3.46. The zero-order valence-corrected chi connectivity index (χ0v) is 18.8. The van der Waals surface area contributed by atoms with E-state index in [2.05, 4.69) is 31.6 Å².